The highest BCUT2D eigenvalue weighted by molar-refractivity contribution is 5.82. The van der Waals surface area contributed by atoms with Crippen molar-refractivity contribution in [3.63, 3.8) is 0 Å². The largest absolute Gasteiger partial charge is 0.341 e. The van der Waals surface area contributed by atoms with Crippen molar-refractivity contribution in [1.29, 1.82) is 5.26 Å². The molecule has 0 spiro atoms. The zero-order valence-electron chi connectivity index (χ0n) is 11.9. The van der Waals surface area contributed by atoms with Crippen molar-refractivity contribution < 1.29 is 4.79 Å². The Kier molecular flexibility index (Phi) is 3.48. The van der Waals surface area contributed by atoms with Crippen molar-refractivity contribution in [3.05, 3.63) is 35.4 Å². The third-order valence-corrected chi connectivity index (χ3v) is 4.79. The molecule has 3 rings (SSSR count). The molecule has 1 amide bonds. The van der Waals surface area contributed by atoms with E-state index in [0.717, 1.165) is 5.56 Å². The molecule has 2 aliphatic carbocycles. The van der Waals surface area contributed by atoms with E-state index in [2.05, 4.69) is 6.07 Å². The Morgan fingerprint density at radius 3 is 2.70 bits per heavy atom. The van der Waals surface area contributed by atoms with Crippen LogP contribution in [0.3, 0.4) is 0 Å². The Labute approximate surface area is 120 Å². The van der Waals surface area contributed by atoms with Crippen LogP contribution in [0.2, 0.25) is 0 Å². The first kappa shape index (κ1) is 13.2. The Bertz CT molecular complexity index is 548. The number of nitrogens with zero attached hydrogens (tertiary/aromatic N) is 2. The summed E-state index contributed by atoms with van der Waals surface area (Å²) >= 11 is 0. The molecule has 0 N–H and O–H groups in total. The second-order valence-corrected chi connectivity index (χ2v) is 6.14. The van der Waals surface area contributed by atoms with Crippen molar-refractivity contribution in [2.24, 2.45) is 17.8 Å². The molecule has 0 aromatic heterocycles. The molecule has 0 radical (unpaired) electrons. The summed E-state index contributed by atoms with van der Waals surface area (Å²) in [6, 6.07) is 9.65. The molecule has 2 aliphatic rings. The first-order valence-corrected chi connectivity index (χ1v) is 7.44. The van der Waals surface area contributed by atoms with Crippen LogP contribution >= 0.6 is 0 Å². The number of amides is 1. The fourth-order valence-electron chi connectivity index (χ4n) is 3.70. The number of nitriles is 1. The maximum absolute atomic E-state index is 12.5. The van der Waals surface area contributed by atoms with Crippen LogP contribution in [0.1, 0.15) is 36.8 Å². The highest BCUT2D eigenvalue weighted by Crippen LogP contribution is 2.56. The van der Waals surface area contributed by atoms with Gasteiger partial charge in [-0.05, 0) is 42.4 Å². The van der Waals surface area contributed by atoms with Crippen LogP contribution in [0.25, 0.3) is 0 Å². The third-order valence-electron chi connectivity index (χ3n) is 4.79. The Balaban J connectivity index is 1.63. The van der Waals surface area contributed by atoms with E-state index in [0.29, 0.717) is 29.9 Å². The standard InChI is InChI=1S/C17H20N2O/c1-19(11-13-6-4-5-12(9-13)10-18)17(20)16-14-7-2-3-8-15(14)16/h4-6,9,14-16H,2-3,7-8,11H2,1H3. The number of hydrogen-bond acceptors (Lipinski definition) is 2. The molecule has 20 heavy (non-hydrogen) atoms. The minimum absolute atomic E-state index is 0.279. The van der Waals surface area contributed by atoms with E-state index < -0.39 is 0 Å². The average Bonchev–Trinajstić information content (AvgIpc) is 3.21. The first-order chi connectivity index (χ1) is 9.70. The molecule has 0 heterocycles. The number of carbonyl (C=O) groups excluding carboxylic acids is 1. The maximum atomic E-state index is 12.5. The summed E-state index contributed by atoms with van der Waals surface area (Å²) < 4.78 is 0. The van der Waals surface area contributed by atoms with Gasteiger partial charge in [-0.3, -0.25) is 4.79 Å². The van der Waals surface area contributed by atoms with Gasteiger partial charge < -0.3 is 4.90 Å². The smallest absolute Gasteiger partial charge is 0.226 e. The Morgan fingerprint density at radius 2 is 2.05 bits per heavy atom. The molecular formula is C17H20N2O. The third kappa shape index (κ3) is 2.43. The molecule has 2 fully saturated rings. The molecule has 0 bridgehead atoms. The quantitative estimate of drug-likeness (QED) is 0.846. The average molecular weight is 268 g/mol. The topological polar surface area (TPSA) is 44.1 Å². The van der Waals surface area contributed by atoms with Crippen LogP contribution in [-0.4, -0.2) is 17.9 Å². The van der Waals surface area contributed by atoms with Gasteiger partial charge in [0.1, 0.15) is 0 Å². The van der Waals surface area contributed by atoms with Crippen LogP contribution in [0.15, 0.2) is 24.3 Å². The Hall–Kier alpha value is -1.82. The van der Waals surface area contributed by atoms with Crippen molar-refractivity contribution >= 4 is 5.91 Å². The second kappa shape index (κ2) is 5.28. The van der Waals surface area contributed by atoms with E-state index in [1.54, 1.807) is 6.07 Å². The van der Waals surface area contributed by atoms with Crippen LogP contribution < -0.4 is 0 Å². The molecule has 3 heteroatoms. The monoisotopic (exact) mass is 268 g/mol. The van der Waals surface area contributed by atoms with E-state index in [1.165, 1.54) is 25.7 Å². The number of rotatable bonds is 3. The van der Waals surface area contributed by atoms with Crippen molar-refractivity contribution in [1.82, 2.24) is 4.90 Å². The van der Waals surface area contributed by atoms with Crippen LogP contribution in [0.5, 0.6) is 0 Å². The van der Waals surface area contributed by atoms with Gasteiger partial charge in [0.15, 0.2) is 0 Å². The minimum atomic E-state index is 0.279. The van der Waals surface area contributed by atoms with E-state index in [4.69, 9.17) is 5.26 Å². The molecule has 1 aromatic carbocycles. The summed E-state index contributed by atoms with van der Waals surface area (Å²) in [7, 11) is 1.88. The highest BCUT2D eigenvalue weighted by atomic mass is 16.2. The lowest BCUT2D eigenvalue weighted by atomic mass is 10.0. The van der Waals surface area contributed by atoms with Gasteiger partial charge >= 0.3 is 0 Å². The van der Waals surface area contributed by atoms with Gasteiger partial charge in [-0.1, -0.05) is 25.0 Å². The SMILES string of the molecule is CN(Cc1cccc(C#N)c1)C(=O)C1C2CCCCC21. The van der Waals surface area contributed by atoms with Crippen molar-refractivity contribution in [2.75, 3.05) is 7.05 Å². The van der Waals surface area contributed by atoms with Crippen LogP contribution in [0.4, 0.5) is 0 Å². The van der Waals surface area contributed by atoms with Gasteiger partial charge in [0.05, 0.1) is 11.6 Å². The normalized spacial score (nSPS) is 27.3. The van der Waals surface area contributed by atoms with Gasteiger partial charge in [-0.25, -0.2) is 0 Å². The summed E-state index contributed by atoms with van der Waals surface area (Å²) in [5.41, 5.74) is 1.69. The summed E-state index contributed by atoms with van der Waals surface area (Å²) in [6.45, 7) is 0.601. The summed E-state index contributed by atoms with van der Waals surface area (Å²) in [5, 5.41) is 8.91. The molecule has 2 saturated carbocycles. The summed E-state index contributed by atoms with van der Waals surface area (Å²) in [6.07, 6.45) is 5.05. The van der Waals surface area contributed by atoms with Crippen molar-refractivity contribution in [3.8, 4) is 6.07 Å². The lowest BCUT2D eigenvalue weighted by molar-refractivity contribution is -0.132. The van der Waals surface area contributed by atoms with Gasteiger partial charge in [0, 0.05) is 19.5 Å². The highest BCUT2D eigenvalue weighted by Gasteiger charge is 2.55. The summed E-state index contributed by atoms with van der Waals surface area (Å²) in [5.74, 6) is 1.89. The zero-order chi connectivity index (χ0) is 14.1. The van der Waals surface area contributed by atoms with Gasteiger partial charge in [-0.15, -0.1) is 0 Å². The molecule has 3 nitrogen and oxygen atoms in total. The molecule has 0 saturated heterocycles. The Morgan fingerprint density at radius 1 is 1.35 bits per heavy atom. The van der Waals surface area contributed by atoms with Crippen LogP contribution in [-0.2, 0) is 11.3 Å². The van der Waals surface area contributed by atoms with E-state index in [9.17, 15) is 4.79 Å². The molecular weight excluding hydrogens is 248 g/mol. The van der Waals surface area contributed by atoms with E-state index >= 15 is 0 Å². The molecule has 0 aliphatic heterocycles. The molecule has 104 valence electrons. The number of carbonyl (C=O) groups is 1. The fourth-order valence-corrected chi connectivity index (χ4v) is 3.70. The molecule has 2 unspecified atom stereocenters. The van der Waals surface area contributed by atoms with Gasteiger partial charge in [-0.2, -0.15) is 5.26 Å². The lowest BCUT2D eigenvalue weighted by Gasteiger charge is -2.17. The summed E-state index contributed by atoms with van der Waals surface area (Å²) in [4.78, 5) is 14.3. The number of fused-ring (bicyclic) bond motifs is 1. The number of benzene rings is 1. The van der Waals surface area contributed by atoms with E-state index in [1.807, 2.05) is 30.1 Å². The predicted octanol–water partition coefficient (Wildman–Crippen LogP) is 2.95. The minimum Gasteiger partial charge on any atom is -0.341 e. The molecule has 2 atom stereocenters. The maximum Gasteiger partial charge on any atom is 0.226 e. The molecule has 1 aromatic rings. The van der Waals surface area contributed by atoms with Crippen LogP contribution in [0, 0.1) is 29.1 Å². The lowest BCUT2D eigenvalue weighted by Crippen LogP contribution is -2.28. The predicted molar refractivity (Wildman–Crippen MR) is 76.6 cm³/mol. The van der Waals surface area contributed by atoms with E-state index in [-0.39, 0.29) is 5.92 Å². The zero-order valence-corrected chi connectivity index (χ0v) is 11.9. The second-order valence-electron chi connectivity index (χ2n) is 6.14. The van der Waals surface area contributed by atoms with Crippen molar-refractivity contribution in [2.45, 2.75) is 32.2 Å². The fraction of sp³-hybridized carbons (Fsp3) is 0.529. The first-order valence-electron chi connectivity index (χ1n) is 7.44. The number of hydrogen-bond donors (Lipinski definition) is 0. The van der Waals surface area contributed by atoms with Gasteiger partial charge in [0.2, 0.25) is 5.91 Å². The van der Waals surface area contributed by atoms with Gasteiger partial charge in [0.25, 0.3) is 0 Å².